The maximum atomic E-state index is 12.7. The molecular weight excluding hydrogens is 432 g/mol. The van der Waals surface area contributed by atoms with E-state index < -0.39 is 0 Å². The van der Waals surface area contributed by atoms with E-state index in [0.29, 0.717) is 45.1 Å². The lowest BCUT2D eigenvalue weighted by atomic mass is 9.87. The number of amides is 1. The quantitative estimate of drug-likeness (QED) is 0.535. The third-order valence-corrected chi connectivity index (χ3v) is 6.48. The molecule has 0 spiro atoms. The van der Waals surface area contributed by atoms with Crippen LogP contribution >= 0.6 is 11.3 Å². The molecule has 7 heteroatoms. The van der Waals surface area contributed by atoms with Crippen molar-refractivity contribution in [2.75, 3.05) is 31.6 Å². The molecule has 1 amide bonds. The average molecular weight is 467 g/mol. The molecule has 0 atom stereocenters. The smallest absolute Gasteiger partial charge is 0.264 e. The first-order chi connectivity index (χ1) is 15.8. The molecule has 0 saturated carbocycles. The maximum Gasteiger partial charge on any atom is 0.264 e. The molecule has 1 aliphatic rings. The first kappa shape index (κ1) is 24.9. The van der Waals surface area contributed by atoms with Gasteiger partial charge in [0.15, 0.2) is 0 Å². The van der Waals surface area contributed by atoms with E-state index in [9.17, 15) is 4.79 Å². The Hall–Kier alpha value is -2.74. The highest BCUT2D eigenvalue weighted by Gasteiger charge is 2.21. The van der Waals surface area contributed by atoms with Gasteiger partial charge in [-0.1, -0.05) is 45.6 Å². The first-order valence-electron chi connectivity index (χ1n) is 11.2. The highest BCUT2D eigenvalue weighted by atomic mass is 32.1. The van der Waals surface area contributed by atoms with Crippen LogP contribution in [0.15, 0.2) is 53.8 Å². The number of carbonyl (C=O) groups excluding carboxylic acids is 1. The molecular formula is C26H34N4O2S. The number of morpholine rings is 1. The van der Waals surface area contributed by atoms with Crippen molar-refractivity contribution in [2.45, 2.75) is 39.2 Å². The van der Waals surface area contributed by atoms with Gasteiger partial charge in [0.25, 0.3) is 5.91 Å². The van der Waals surface area contributed by atoms with Crippen molar-refractivity contribution in [3.63, 3.8) is 0 Å². The molecule has 1 saturated heterocycles. The Morgan fingerprint density at radius 2 is 2.06 bits per heavy atom. The molecule has 33 heavy (non-hydrogen) atoms. The molecule has 3 rings (SSSR count). The lowest BCUT2D eigenvalue weighted by Gasteiger charge is -2.26. The van der Waals surface area contributed by atoms with E-state index in [2.05, 4.69) is 49.8 Å². The van der Waals surface area contributed by atoms with Crippen LogP contribution in [-0.4, -0.2) is 43.3 Å². The lowest BCUT2D eigenvalue weighted by molar-refractivity contribution is 0.0306. The standard InChI is InChI=1S/C26H34N4O2S/c1-19(29-22-9-7-8-21(17-22)26(2,3)4)28-11-6-5-10-23-20(18-27)16-24(33-23)25(31)30-12-14-32-15-13-30/h5,7-11,16-17,29H,1,6,12-15,18,27H2,2-4H3/b10-5-,28-11?. The van der Waals surface area contributed by atoms with Crippen LogP contribution in [0.5, 0.6) is 0 Å². The summed E-state index contributed by atoms with van der Waals surface area (Å²) in [5.74, 6) is 0.642. The van der Waals surface area contributed by atoms with Gasteiger partial charge in [0.05, 0.1) is 18.1 Å². The molecule has 3 N–H and O–H groups in total. The van der Waals surface area contributed by atoms with Gasteiger partial charge < -0.3 is 20.7 Å². The fraction of sp³-hybridized carbons (Fsp3) is 0.385. The largest absolute Gasteiger partial charge is 0.378 e. The van der Waals surface area contributed by atoms with Crippen LogP contribution in [-0.2, 0) is 16.7 Å². The molecule has 2 aromatic rings. The van der Waals surface area contributed by atoms with Crippen LogP contribution in [0.4, 0.5) is 5.69 Å². The summed E-state index contributed by atoms with van der Waals surface area (Å²) in [6.45, 7) is 13.4. The molecule has 176 valence electrons. The summed E-state index contributed by atoms with van der Waals surface area (Å²) in [6.07, 6.45) is 6.50. The highest BCUT2D eigenvalue weighted by Crippen LogP contribution is 2.26. The number of carbonyl (C=O) groups is 1. The van der Waals surface area contributed by atoms with Gasteiger partial charge in [0.1, 0.15) is 5.82 Å². The molecule has 0 radical (unpaired) electrons. The summed E-state index contributed by atoms with van der Waals surface area (Å²) in [4.78, 5) is 20.7. The van der Waals surface area contributed by atoms with Crippen molar-refractivity contribution in [1.82, 2.24) is 4.90 Å². The van der Waals surface area contributed by atoms with Gasteiger partial charge in [-0.05, 0) is 40.8 Å². The van der Waals surface area contributed by atoms with Crippen molar-refractivity contribution in [2.24, 2.45) is 10.7 Å². The minimum absolute atomic E-state index is 0.0529. The van der Waals surface area contributed by atoms with E-state index in [4.69, 9.17) is 10.5 Å². The third kappa shape index (κ3) is 7.12. The fourth-order valence-electron chi connectivity index (χ4n) is 3.43. The second kappa shape index (κ2) is 11.4. The number of nitrogens with zero attached hydrogens (tertiary/aromatic N) is 2. The SMILES string of the molecule is C=C(N=CC/C=C\c1sc(C(=O)N2CCOCC2)cc1CN)Nc1cccc(C(C)(C)C)c1. The normalized spacial score (nSPS) is 14.8. The zero-order valence-corrected chi connectivity index (χ0v) is 20.6. The lowest BCUT2D eigenvalue weighted by Crippen LogP contribution is -2.40. The van der Waals surface area contributed by atoms with Crippen molar-refractivity contribution in [3.8, 4) is 0 Å². The number of hydrogen-bond acceptors (Lipinski definition) is 6. The summed E-state index contributed by atoms with van der Waals surface area (Å²) < 4.78 is 5.34. The number of anilines is 1. The van der Waals surface area contributed by atoms with Gasteiger partial charge in [-0.3, -0.25) is 4.79 Å². The van der Waals surface area contributed by atoms with Crippen LogP contribution in [0.25, 0.3) is 6.08 Å². The van der Waals surface area contributed by atoms with Gasteiger partial charge in [0, 0.05) is 42.8 Å². The van der Waals surface area contributed by atoms with E-state index >= 15 is 0 Å². The number of nitrogens with two attached hydrogens (primary N) is 1. The number of rotatable bonds is 8. The third-order valence-electron chi connectivity index (χ3n) is 5.35. The fourth-order valence-corrected chi connectivity index (χ4v) is 4.52. The molecule has 0 aliphatic carbocycles. The Bertz CT molecular complexity index is 1030. The second-order valence-corrected chi connectivity index (χ2v) is 10.0. The number of nitrogens with one attached hydrogen (secondary N) is 1. The van der Waals surface area contributed by atoms with Crippen molar-refractivity contribution in [1.29, 1.82) is 0 Å². The monoisotopic (exact) mass is 466 g/mol. The van der Waals surface area contributed by atoms with Gasteiger partial charge in [-0.15, -0.1) is 11.3 Å². The summed E-state index contributed by atoms with van der Waals surface area (Å²) in [7, 11) is 0. The van der Waals surface area contributed by atoms with Crippen LogP contribution in [0.2, 0.25) is 0 Å². The summed E-state index contributed by atoms with van der Waals surface area (Å²) in [5, 5.41) is 3.25. The van der Waals surface area contributed by atoms with Gasteiger partial charge in [-0.25, -0.2) is 4.99 Å². The predicted molar refractivity (Wildman–Crippen MR) is 139 cm³/mol. The van der Waals surface area contributed by atoms with Crippen LogP contribution < -0.4 is 11.1 Å². The summed E-state index contributed by atoms with van der Waals surface area (Å²) >= 11 is 1.48. The summed E-state index contributed by atoms with van der Waals surface area (Å²) in [6, 6.07) is 10.2. The molecule has 2 heterocycles. The number of allylic oxidation sites excluding steroid dienone is 1. The van der Waals surface area contributed by atoms with Crippen molar-refractivity contribution in [3.05, 3.63) is 69.7 Å². The van der Waals surface area contributed by atoms with Crippen LogP contribution in [0.1, 0.15) is 52.9 Å². The zero-order valence-electron chi connectivity index (χ0n) is 19.8. The van der Waals surface area contributed by atoms with E-state index in [1.54, 1.807) is 0 Å². The predicted octanol–water partition coefficient (Wildman–Crippen LogP) is 5.03. The van der Waals surface area contributed by atoms with Crippen molar-refractivity contribution < 1.29 is 9.53 Å². The Labute approximate surface area is 200 Å². The number of ether oxygens (including phenoxy) is 1. The number of hydrogen-bond donors (Lipinski definition) is 2. The molecule has 0 unspecified atom stereocenters. The molecule has 1 aromatic heterocycles. The van der Waals surface area contributed by atoms with Crippen molar-refractivity contribution >= 4 is 35.2 Å². The Morgan fingerprint density at radius 1 is 1.30 bits per heavy atom. The van der Waals surface area contributed by atoms with E-state index in [0.717, 1.165) is 21.0 Å². The van der Waals surface area contributed by atoms with Crippen LogP contribution in [0.3, 0.4) is 0 Å². The molecule has 6 nitrogen and oxygen atoms in total. The first-order valence-corrected chi connectivity index (χ1v) is 12.0. The summed E-state index contributed by atoms with van der Waals surface area (Å²) in [5.41, 5.74) is 9.20. The van der Waals surface area contributed by atoms with Crippen LogP contribution in [0, 0.1) is 0 Å². The number of benzene rings is 1. The Balaban J connectivity index is 1.55. The maximum absolute atomic E-state index is 12.7. The van der Waals surface area contributed by atoms with E-state index in [1.807, 2.05) is 41.5 Å². The Kier molecular flexibility index (Phi) is 8.61. The molecule has 1 fully saturated rings. The molecule has 1 aliphatic heterocycles. The zero-order chi connectivity index (χ0) is 23.8. The Morgan fingerprint density at radius 3 is 2.76 bits per heavy atom. The van der Waals surface area contributed by atoms with Gasteiger partial charge in [0.2, 0.25) is 0 Å². The average Bonchev–Trinajstić information content (AvgIpc) is 3.21. The highest BCUT2D eigenvalue weighted by molar-refractivity contribution is 7.15. The van der Waals surface area contributed by atoms with E-state index in [1.165, 1.54) is 16.9 Å². The minimum atomic E-state index is 0.0529. The second-order valence-electron chi connectivity index (χ2n) is 8.96. The molecule has 0 bridgehead atoms. The van der Waals surface area contributed by atoms with Gasteiger partial charge >= 0.3 is 0 Å². The topological polar surface area (TPSA) is 80.0 Å². The number of thiophene rings is 1. The van der Waals surface area contributed by atoms with E-state index in [-0.39, 0.29) is 11.3 Å². The molecule has 1 aromatic carbocycles. The number of aliphatic imine (C=N–C) groups is 1. The van der Waals surface area contributed by atoms with Gasteiger partial charge in [-0.2, -0.15) is 0 Å². The minimum Gasteiger partial charge on any atom is -0.378 e.